The first-order valence-corrected chi connectivity index (χ1v) is 9.76. The topological polar surface area (TPSA) is 80.8 Å². The van der Waals surface area contributed by atoms with Crippen LogP contribution in [0.25, 0.3) is 0 Å². The highest BCUT2D eigenvalue weighted by Gasteiger charge is 2.52. The molecule has 0 bridgehead atoms. The maximum absolute atomic E-state index is 13.2. The van der Waals surface area contributed by atoms with Crippen molar-refractivity contribution in [3.63, 3.8) is 0 Å². The maximum atomic E-state index is 13.2. The summed E-state index contributed by atoms with van der Waals surface area (Å²) in [6.07, 6.45) is 7.17. The number of nitrogens with zero attached hydrogens (tertiary/aromatic N) is 2. The molecule has 146 valence electrons. The number of aromatic nitrogens is 1. The highest BCUT2D eigenvalue weighted by molar-refractivity contribution is 5.97. The minimum atomic E-state index is -0.193. The van der Waals surface area contributed by atoms with Crippen LogP contribution >= 0.6 is 0 Å². The molecule has 1 N–H and O–H groups in total. The van der Waals surface area contributed by atoms with E-state index in [1.807, 2.05) is 4.90 Å². The number of ether oxygens (including phenoxy) is 2. The predicted molar refractivity (Wildman–Crippen MR) is 98.4 cm³/mol. The second-order valence-corrected chi connectivity index (χ2v) is 7.98. The number of pyridine rings is 1. The lowest BCUT2D eigenvalue weighted by atomic mass is 9.71. The van der Waals surface area contributed by atoms with Crippen LogP contribution in [0.4, 0.5) is 0 Å². The Bertz CT molecular complexity index is 713. The molecule has 1 atom stereocenters. The van der Waals surface area contributed by atoms with Gasteiger partial charge in [0.25, 0.3) is 5.91 Å². The first-order chi connectivity index (χ1) is 13.1. The number of hydrogen-bond acceptors (Lipinski definition) is 5. The first kappa shape index (κ1) is 18.2. The molecule has 27 heavy (non-hydrogen) atoms. The number of hydrogen-bond donors (Lipinski definition) is 1. The van der Waals surface area contributed by atoms with Crippen LogP contribution in [-0.4, -0.2) is 61.7 Å². The SMILES string of the molecule is COc1cnccc1C(=O)N1CC(C(=O)NCC2CC2)C2(CCOCC2)C1. The Morgan fingerprint density at radius 1 is 1.37 bits per heavy atom. The standard InChI is InChI=1S/C20H27N3O4/c1-26-17-11-21-7-4-15(17)19(25)23-12-16(18(24)22-10-14-2-3-14)20(13-23)5-8-27-9-6-20/h4,7,11,14,16H,2-3,5-6,8-10,12-13H2,1H3,(H,22,24). The van der Waals surface area contributed by atoms with Crippen LogP contribution in [0.1, 0.15) is 36.0 Å². The van der Waals surface area contributed by atoms with E-state index >= 15 is 0 Å². The number of carbonyl (C=O) groups excluding carboxylic acids is 2. The van der Waals surface area contributed by atoms with E-state index in [1.165, 1.54) is 20.0 Å². The van der Waals surface area contributed by atoms with Crippen molar-refractivity contribution in [2.45, 2.75) is 25.7 Å². The molecular weight excluding hydrogens is 346 g/mol. The zero-order valence-corrected chi connectivity index (χ0v) is 15.8. The van der Waals surface area contributed by atoms with Gasteiger partial charge in [0.2, 0.25) is 5.91 Å². The second kappa shape index (κ2) is 7.46. The number of amides is 2. The molecule has 1 unspecified atom stereocenters. The lowest BCUT2D eigenvalue weighted by Crippen LogP contribution is -2.44. The largest absolute Gasteiger partial charge is 0.494 e. The van der Waals surface area contributed by atoms with Crippen LogP contribution in [0.5, 0.6) is 5.75 Å². The van der Waals surface area contributed by atoms with Gasteiger partial charge in [-0.05, 0) is 37.7 Å². The van der Waals surface area contributed by atoms with Crippen molar-refractivity contribution in [1.82, 2.24) is 15.2 Å². The zero-order chi connectivity index (χ0) is 18.9. The predicted octanol–water partition coefficient (Wildman–Crippen LogP) is 1.49. The Labute approximate surface area is 159 Å². The number of likely N-dealkylation sites (tertiary alicyclic amines) is 1. The van der Waals surface area contributed by atoms with Crippen LogP contribution in [0.15, 0.2) is 18.5 Å². The van der Waals surface area contributed by atoms with Gasteiger partial charge in [-0.1, -0.05) is 0 Å². The van der Waals surface area contributed by atoms with E-state index in [1.54, 1.807) is 18.5 Å². The molecule has 4 rings (SSSR count). The van der Waals surface area contributed by atoms with Gasteiger partial charge >= 0.3 is 0 Å². The summed E-state index contributed by atoms with van der Waals surface area (Å²) >= 11 is 0. The average molecular weight is 373 g/mol. The van der Waals surface area contributed by atoms with Crippen LogP contribution in [0.3, 0.4) is 0 Å². The van der Waals surface area contributed by atoms with E-state index < -0.39 is 0 Å². The molecule has 1 aromatic rings. The quantitative estimate of drug-likeness (QED) is 0.846. The zero-order valence-electron chi connectivity index (χ0n) is 15.8. The van der Waals surface area contributed by atoms with E-state index in [9.17, 15) is 9.59 Å². The Hall–Kier alpha value is -2.15. The lowest BCUT2D eigenvalue weighted by molar-refractivity contribution is -0.129. The average Bonchev–Trinajstić information content (AvgIpc) is 3.47. The number of methoxy groups -OCH3 is 1. The lowest BCUT2D eigenvalue weighted by Gasteiger charge is -2.37. The smallest absolute Gasteiger partial charge is 0.257 e. The van der Waals surface area contributed by atoms with Crippen molar-refractivity contribution in [2.24, 2.45) is 17.3 Å². The summed E-state index contributed by atoms with van der Waals surface area (Å²) in [4.78, 5) is 31.9. The Kier molecular flexibility index (Phi) is 5.04. The van der Waals surface area contributed by atoms with Crippen molar-refractivity contribution in [1.29, 1.82) is 0 Å². The minimum Gasteiger partial charge on any atom is -0.494 e. The van der Waals surface area contributed by atoms with Gasteiger partial charge in [0.05, 0.1) is 24.8 Å². The fourth-order valence-electron chi connectivity index (χ4n) is 4.35. The minimum absolute atomic E-state index is 0.0841. The van der Waals surface area contributed by atoms with Gasteiger partial charge in [0, 0.05) is 44.5 Å². The van der Waals surface area contributed by atoms with Crippen LogP contribution in [0, 0.1) is 17.3 Å². The first-order valence-electron chi connectivity index (χ1n) is 9.76. The number of rotatable bonds is 5. The fourth-order valence-corrected chi connectivity index (χ4v) is 4.35. The van der Waals surface area contributed by atoms with E-state index in [4.69, 9.17) is 9.47 Å². The van der Waals surface area contributed by atoms with Crippen molar-refractivity contribution < 1.29 is 19.1 Å². The third-order valence-electron chi connectivity index (χ3n) is 6.24. The molecule has 1 spiro atoms. The molecule has 0 radical (unpaired) electrons. The summed E-state index contributed by atoms with van der Waals surface area (Å²) in [6, 6.07) is 1.68. The molecule has 1 aliphatic carbocycles. The summed E-state index contributed by atoms with van der Waals surface area (Å²) < 4.78 is 10.8. The molecule has 3 fully saturated rings. The molecule has 3 aliphatic rings. The van der Waals surface area contributed by atoms with E-state index in [0.29, 0.717) is 43.5 Å². The molecule has 2 aliphatic heterocycles. The molecule has 0 aromatic carbocycles. The van der Waals surface area contributed by atoms with E-state index in [2.05, 4.69) is 10.3 Å². The van der Waals surface area contributed by atoms with Gasteiger partial charge in [0.15, 0.2) is 0 Å². The van der Waals surface area contributed by atoms with Crippen LogP contribution in [-0.2, 0) is 9.53 Å². The third kappa shape index (κ3) is 3.65. The third-order valence-corrected chi connectivity index (χ3v) is 6.24. The number of carbonyl (C=O) groups is 2. The van der Waals surface area contributed by atoms with E-state index in [0.717, 1.165) is 19.4 Å². The molecule has 7 heteroatoms. The van der Waals surface area contributed by atoms with Crippen molar-refractivity contribution in [3.8, 4) is 5.75 Å². The fraction of sp³-hybridized carbons (Fsp3) is 0.650. The molecule has 7 nitrogen and oxygen atoms in total. The van der Waals surface area contributed by atoms with E-state index in [-0.39, 0.29) is 23.1 Å². The highest BCUT2D eigenvalue weighted by Crippen LogP contribution is 2.45. The van der Waals surface area contributed by atoms with Gasteiger partial charge in [-0.15, -0.1) is 0 Å². The molecule has 2 saturated heterocycles. The summed E-state index contributed by atoms with van der Waals surface area (Å²) in [5.41, 5.74) is 0.302. The summed E-state index contributed by atoms with van der Waals surface area (Å²) in [6.45, 7) is 3.08. The normalized spacial score (nSPS) is 24.0. The summed E-state index contributed by atoms with van der Waals surface area (Å²) in [5, 5.41) is 3.13. The van der Waals surface area contributed by atoms with Gasteiger partial charge in [-0.3, -0.25) is 14.6 Å². The summed E-state index contributed by atoms with van der Waals surface area (Å²) in [5.74, 6) is 0.903. The van der Waals surface area contributed by atoms with Crippen molar-refractivity contribution in [3.05, 3.63) is 24.0 Å². The van der Waals surface area contributed by atoms with Crippen molar-refractivity contribution in [2.75, 3.05) is 40.0 Å². The number of nitrogens with one attached hydrogen (secondary N) is 1. The Morgan fingerprint density at radius 2 is 2.15 bits per heavy atom. The van der Waals surface area contributed by atoms with Gasteiger partial charge in [0.1, 0.15) is 5.75 Å². The van der Waals surface area contributed by atoms with Crippen molar-refractivity contribution >= 4 is 11.8 Å². The summed E-state index contributed by atoms with van der Waals surface area (Å²) in [7, 11) is 1.53. The Morgan fingerprint density at radius 3 is 2.85 bits per heavy atom. The molecule has 1 saturated carbocycles. The molecular formula is C20H27N3O4. The molecule has 2 amide bonds. The van der Waals surface area contributed by atoms with Gasteiger partial charge in [-0.25, -0.2) is 0 Å². The van der Waals surface area contributed by atoms with Gasteiger partial charge in [-0.2, -0.15) is 0 Å². The monoisotopic (exact) mass is 373 g/mol. The highest BCUT2D eigenvalue weighted by atomic mass is 16.5. The second-order valence-electron chi connectivity index (χ2n) is 7.98. The maximum Gasteiger partial charge on any atom is 0.257 e. The molecule has 1 aromatic heterocycles. The molecule has 3 heterocycles. The Balaban J connectivity index is 1.54. The van der Waals surface area contributed by atoms with Crippen LogP contribution < -0.4 is 10.1 Å². The van der Waals surface area contributed by atoms with Gasteiger partial charge < -0.3 is 19.7 Å². The van der Waals surface area contributed by atoms with Crippen LogP contribution in [0.2, 0.25) is 0 Å².